The third-order valence-electron chi connectivity index (χ3n) is 7.16. The molecule has 1 unspecified atom stereocenters. The van der Waals surface area contributed by atoms with Crippen molar-refractivity contribution in [1.82, 2.24) is 14.3 Å². The molecule has 6 rings (SSSR count). The predicted octanol–water partition coefficient (Wildman–Crippen LogP) is 4.00. The molecule has 3 aliphatic heterocycles. The average Bonchev–Trinajstić information content (AvgIpc) is 3.49. The van der Waals surface area contributed by atoms with Gasteiger partial charge in [-0.1, -0.05) is 60.4 Å². The summed E-state index contributed by atoms with van der Waals surface area (Å²) in [6.07, 6.45) is 4.71. The van der Waals surface area contributed by atoms with Crippen molar-refractivity contribution in [3.05, 3.63) is 81.1 Å². The van der Waals surface area contributed by atoms with Crippen LogP contribution in [0.1, 0.15) is 36.9 Å². The lowest BCUT2D eigenvalue weighted by Gasteiger charge is -2.38. The van der Waals surface area contributed by atoms with Crippen LogP contribution in [0.25, 0.3) is 11.7 Å². The van der Waals surface area contributed by atoms with E-state index in [1.807, 2.05) is 49.4 Å². The number of piperidine rings is 1. The van der Waals surface area contributed by atoms with Crippen LogP contribution in [-0.2, 0) is 14.3 Å². The van der Waals surface area contributed by atoms with E-state index in [1.165, 1.54) is 16.2 Å². The molecule has 0 radical (unpaired) electrons. The molecule has 0 bridgehead atoms. The van der Waals surface area contributed by atoms with Crippen molar-refractivity contribution >= 4 is 51.7 Å². The molecule has 1 atom stereocenters. The third kappa shape index (κ3) is 4.37. The lowest BCUT2D eigenvalue weighted by atomic mass is 10.0. The highest BCUT2D eigenvalue weighted by atomic mass is 32.2. The molecule has 37 heavy (non-hydrogen) atoms. The van der Waals surface area contributed by atoms with Crippen LogP contribution in [0.3, 0.4) is 0 Å². The number of thioether (sulfide) groups is 1. The molecule has 1 aromatic carbocycles. The molecule has 8 nitrogen and oxygen atoms in total. The van der Waals surface area contributed by atoms with Crippen molar-refractivity contribution in [2.75, 3.05) is 31.2 Å². The summed E-state index contributed by atoms with van der Waals surface area (Å²) in [5.74, 6) is -0.191. The van der Waals surface area contributed by atoms with E-state index in [1.54, 1.807) is 23.2 Å². The third-order valence-corrected chi connectivity index (χ3v) is 8.49. The van der Waals surface area contributed by atoms with E-state index in [2.05, 4.69) is 4.90 Å². The maximum atomic E-state index is 13.7. The first-order chi connectivity index (χ1) is 18.0. The van der Waals surface area contributed by atoms with Gasteiger partial charge in [-0.05, 0) is 30.7 Å². The molecule has 10 heteroatoms. The van der Waals surface area contributed by atoms with Crippen molar-refractivity contribution in [3.63, 3.8) is 0 Å². The number of carbonyl (C=O) groups excluding carboxylic acids is 1. The van der Waals surface area contributed by atoms with E-state index in [9.17, 15) is 9.59 Å². The molecule has 190 valence electrons. The van der Waals surface area contributed by atoms with Gasteiger partial charge in [0.15, 0.2) is 5.79 Å². The Kier molecular flexibility index (Phi) is 6.36. The average molecular weight is 535 g/mol. The van der Waals surface area contributed by atoms with Crippen molar-refractivity contribution in [3.8, 4) is 0 Å². The molecule has 3 fully saturated rings. The van der Waals surface area contributed by atoms with E-state index in [-0.39, 0.29) is 17.5 Å². The standard InChI is InChI=1S/C27H26N4O4S2/c1-18(19-7-3-2-4-8-19)31-25(33)21(37-26(31)36)17-20-23(28-22-9-5-6-12-30(22)24(20)32)29-13-10-27(11-14-29)34-15-16-35-27/h2-9,12,17-18H,10-11,13-16H2,1H3. The van der Waals surface area contributed by atoms with Gasteiger partial charge in [0.05, 0.1) is 29.7 Å². The quantitative estimate of drug-likeness (QED) is 0.367. The fourth-order valence-corrected chi connectivity index (χ4v) is 6.53. The summed E-state index contributed by atoms with van der Waals surface area (Å²) in [5, 5.41) is 0. The van der Waals surface area contributed by atoms with Crippen LogP contribution >= 0.6 is 24.0 Å². The van der Waals surface area contributed by atoms with Crippen molar-refractivity contribution in [2.24, 2.45) is 0 Å². The Hall–Kier alpha value is -3.05. The van der Waals surface area contributed by atoms with Gasteiger partial charge in [-0.2, -0.15) is 0 Å². The summed E-state index contributed by atoms with van der Waals surface area (Å²) in [4.78, 5) is 36.2. The Labute approximate surface area is 223 Å². The fraction of sp³-hybridized carbons (Fsp3) is 0.333. The van der Waals surface area contributed by atoms with Crippen molar-refractivity contribution < 1.29 is 14.3 Å². The molecule has 1 spiro atoms. The number of amides is 1. The van der Waals surface area contributed by atoms with Crippen LogP contribution in [0.15, 0.2) is 64.4 Å². The van der Waals surface area contributed by atoms with Gasteiger partial charge in [-0.3, -0.25) is 18.9 Å². The van der Waals surface area contributed by atoms with Gasteiger partial charge in [-0.15, -0.1) is 0 Å². The molecule has 3 aliphatic rings. The molecule has 1 amide bonds. The van der Waals surface area contributed by atoms with E-state index >= 15 is 0 Å². The molecule has 2 aromatic heterocycles. The van der Waals surface area contributed by atoms with Crippen LogP contribution < -0.4 is 10.5 Å². The largest absolute Gasteiger partial charge is 0.355 e. The zero-order valence-corrected chi connectivity index (χ0v) is 22.0. The lowest BCUT2D eigenvalue weighted by Crippen LogP contribution is -2.46. The van der Waals surface area contributed by atoms with Gasteiger partial charge < -0.3 is 14.4 Å². The van der Waals surface area contributed by atoms with E-state index in [0.29, 0.717) is 65.4 Å². The summed E-state index contributed by atoms with van der Waals surface area (Å²) in [5.41, 5.74) is 1.70. The monoisotopic (exact) mass is 534 g/mol. The first-order valence-electron chi connectivity index (χ1n) is 12.3. The van der Waals surface area contributed by atoms with Gasteiger partial charge in [0, 0.05) is 32.1 Å². The molecule has 0 N–H and O–H groups in total. The topological polar surface area (TPSA) is 76.4 Å². The molecular formula is C27H26N4O4S2. The number of hydrogen-bond acceptors (Lipinski definition) is 8. The second-order valence-corrected chi connectivity index (χ2v) is 11.0. The summed E-state index contributed by atoms with van der Waals surface area (Å²) in [6, 6.07) is 15.0. The van der Waals surface area contributed by atoms with Gasteiger partial charge in [-0.25, -0.2) is 4.98 Å². The van der Waals surface area contributed by atoms with Gasteiger partial charge >= 0.3 is 0 Å². The minimum Gasteiger partial charge on any atom is -0.355 e. The number of anilines is 1. The first-order valence-corrected chi connectivity index (χ1v) is 13.5. The summed E-state index contributed by atoms with van der Waals surface area (Å²) in [6.45, 7) is 4.41. The van der Waals surface area contributed by atoms with Crippen LogP contribution in [0, 0.1) is 0 Å². The lowest BCUT2D eigenvalue weighted by molar-refractivity contribution is -0.169. The zero-order chi connectivity index (χ0) is 25.6. The number of rotatable bonds is 4. The number of ether oxygens (including phenoxy) is 2. The van der Waals surface area contributed by atoms with Gasteiger partial charge in [0.2, 0.25) is 0 Å². The highest BCUT2D eigenvalue weighted by Crippen LogP contribution is 2.39. The predicted molar refractivity (Wildman–Crippen MR) is 147 cm³/mol. The van der Waals surface area contributed by atoms with Crippen LogP contribution in [0.5, 0.6) is 0 Å². The Morgan fingerprint density at radius 3 is 2.49 bits per heavy atom. The van der Waals surface area contributed by atoms with Crippen LogP contribution in [0.2, 0.25) is 0 Å². The SMILES string of the molecule is CC(c1ccccc1)N1C(=O)C(=Cc2c(N3CCC4(CC3)OCCO4)nc3ccccn3c2=O)SC1=S. The second kappa shape index (κ2) is 9.68. The van der Waals surface area contributed by atoms with E-state index in [4.69, 9.17) is 26.7 Å². The maximum absolute atomic E-state index is 13.7. The van der Waals surface area contributed by atoms with E-state index in [0.717, 1.165) is 5.56 Å². The van der Waals surface area contributed by atoms with Gasteiger partial charge in [0.1, 0.15) is 15.8 Å². The highest BCUT2D eigenvalue weighted by Gasteiger charge is 2.41. The summed E-state index contributed by atoms with van der Waals surface area (Å²) < 4.78 is 13.7. The number of benzene rings is 1. The Morgan fingerprint density at radius 2 is 1.76 bits per heavy atom. The summed E-state index contributed by atoms with van der Waals surface area (Å²) in [7, 11) is 0. The number of carbonyl (C=O) groups is 1. The van der Waals surface area contributed by atoms with E-state index < -0.39 is 5.79 Å². The smallest absolute Gasteiger partial charge is 0.267 e. The molecule has 0 saturated carbocycles. The summed E-state index contributed by atoms with van der Waals surface area (Å²) >= 11 is 6.82. The molecular weight excluding hydrogens is 508 g/mol. The molecule has 0 aliphatic carbocycles. The Balaban J connectivity index is 1.38. The Morgan fingerprint density at radius 1 is 1.05 bits per heavy atom. The second-order valence-electron chi connectivity index (χ2n) is 9.32. The maximum Gasteiger partial charge on any atom is 0.267 e. The first kappa shape index (κ1) is 24.3. The molecule has 3 saturated heterocycles. The number of thiocarbonyl (C=S) groups is 1. The van der Waals surface area contributed by atoms with Crippen molar-refractivity contribution in [2.45, 2.75) is 31.6 Å². The zero-order valence-electron chi connectivity index (χ0n) is 20.3. The minimum atomic E-state index is -0.543. The number of fused-ring (bicyclic) bond motifs is 1. The fourth-order valence-electron chi connectivity index (χ4n) is 5.13. The number of aromatic nitrogens is 2. The van der Waals surface area contributed by atoms with Crippen LogP contribution in [-0.4, -0.2) is 56.6 Å². The number of pyridine rings is 1. The molecule has 5 heterocycles. The minimum absolute atomic E-state index is 0.208. The number of hydrogen-bond donors (Lipinski definition) is 0. The van der Waals surface area contributed by atoms with Crippen LogP contribution in [0.4, 0.5) is 5.82 Å². The van der Waals surface area contributed by atoms with Gasteiger partial charge in [0.25, 0.3) is 11.5 Å². The number of nitrogens with zero attached hydrogens (tertiary/aromatic N) is 4. The Bertz CT molecular complexity index is 1460. The highest BCUT2D eigenvalue weighted by molar-refractivity contribution is 8.26. The van der Waals surface area contributed by atoms with Crippen molar-refractivity contribution in [1.29, 1.82) is 0 Å². The molecule has 3 aromatic rings. The normalized spacial score (nSPS) is 21.5.